The second-order valence-electron chi connectivity index (χ2n) is 8.22. The normalized spacial score (nSPS) is 11.3. The Morgan fingerprint density at radius 1 is 0.818 bits per heavy atom. The van der Waals surface area contributed by atoms with E-state index in [1.54, 1.807) is 26.4 Å². The largest absolute Gasteiger partial charge is 0.493 e. The maximum absolute atomic E-state index is 13.5. The fourth-order valence-electron chi connectivity index (χ4n) is 4.18. The summed E-state index contributed by atoms with van der Waals surface area (Å²) in [4.78, 5) is 0. The van der Waals surface area contributed by atoms with Gasteiger partial charge in [-0.25, -0.2) is 4.39 Å². The summed E-state index contributed by atoms with van der Waals surface area (Å²) in [6.07, 6.45) is 2.07. The van der Waals surface area contributed by atoms with E-state index in [2.05, 4.69) is 53.0 Å². The summed E-state index contributed by atoms with van der Waals surface area (Å²) in [5.74, 6) is 1.00. The predicted octanol–water partition coefficient (Wildman–Crippen LogP) is 6.02. The number of pyridine rings is 1. The minimum atomic E-state index is -0.253. The van der Waals surface area contributed by atoms with Gasteiger partial charge in [0.1, 0.15) is 17.2 Å². The molecule has 3 aromatic carbocycles. The Balaban J connectivity index is 1.77. The average molecular weight is 442 g/mol. The maximum atomic E-state index is 13.5. The van der Waals surface area contributed by atoms with Gasteiger partial charge in [-0.1, -0.05) is 24.3 Å². The highest BCUT2D eigenvalue weighted by molar-refractivity contribution is 5.99. The minimum absolute atomic E-state index is 0.253. The monoisotopic (exact) mass is 441 g/mol. The number of halogens is 1. The highest BCUT2D eigenvalue weighted by atomic mass is 19.1. The van der Waals surface area contributed by atoms with Crippen molar-refractivity contribution in [1.82, 2.24) is 14.8 Å². The van der Waals surface area contributed by atoms with Crippen LogP contribution >= 0.6 is 0 Å². The molecule has 0 saturated heterocycles. The molecule has 33 heavy (non-hydrogen) atoms. The Morgan fingerprint density at radius 2 is 1.52 bits per heavy atom. The zero-order valence-electron chi connectivity index (χ0n) is 19.0. The fourth-order valence-corrected chi connectivity index (χ4v) is 4.18. The van der Waals surface area contributed by atoms with Crippen LogP contribution in [0.5, 0.6) is 11.5 Å². The summed E-state index contributed by atoms with van der Waals surface area (Å²) in [6, 6.07) is 16.8. The molecule has 166 valence electrons. The van der Waals surface area contributed by atoms with Crippen molar-refractivity contribution in [2.45, 2.75) is 20.4 Å². The lowest BCUT2D eigenvalue weighted by molar-refractivity contribution is 0.355. The van der Waals surface area contributed by atoms with Gasteiger partial charge in [-0.05, 0) is 54.8 Å². The molecule has 5 nitrogen and oxygen atoms in total. The highest BCUT2D eigenvalue weighted by Crippen LogP contribution is 2.41. The Kier molecular flexibility index (Phi) is 5.21. The zero-order valence-corrected chi connectivity index (χ0v) is 19.0. The van der Waals surface area contributed by atoms with Gasteiger partial charge in [0.2, 0.25) is 0 Å². The first-order chi connectivity index (χ1) is 16.0. The molecule has 0 aliphatic carbocycles. The third-order valence-corrected chi connectivity index (χ3v) is 6.16. The quantitative estimate of drug-likeness (QED) is 0.334. The second-order valence-corrected chi connectivity index (χ2v) is 8.22. The van der Waals surface area contributed by atoms with E-state index >= 15 is 0 Å². The van der Waals surface area contributed by atoms with Gasteiger partial charge in [0.05, 0.1) is 19.7 Å². The van der Waals surface area contributed by atoms with E-state index in [-0.39, 0.29) is 5.82 Å². The van der Waals surface area contributed by atoms with Crippen molar-refractivity contribution in [1.29, 1.82) is 0 Å². The summed E-state index contributed by atoms with van der Waals surface area (Å²) >= 11 is 0. The van der Waals surface area contributed by atoms with Crippen molar-refractivity contribution in [2.75, 3.05) is 14.2 Å². The molecular formula is C27H24FN3O2. The average Bonchev–Trinajstić information content (AvgIpc) is 3.25. The molecule has 0 unspecified atom stereocenters. The molecule has 6 heteroatoms. The molecule has 0 saturated carbocycles. The predicted molar refractivity (Wildman–Crippen MR) is 128 cm³/mol. The summed E-state index contributed by atoms with van der Waals surface area (Å²) in [5, 5.41) is 10.0. The van der Waals surface area contributed by atoms with Crippen LogP contribution in [0.4, 0.5) is 4.39 Å². The first-order valence-corrected chi connectivity index (χ1v) is 10.7. The van der Waals surface area contributed by atoms with Gasteiger partial charge < -0.3 is 14.0 Å². The van der Waals surface area contributed by atoms with Gasteiger partial charge >= 0.3 is 0 Å². The third kappa shape index (κ3) is 3.67. The van der Waals surface area contributed by atoms with Crippen LogP contribution in [0, 0.1) is 19.7 Å². The van der Waals surface area contributed by atoms with Crippen LogP contribution in [-0.2, 0) is 6.54 Å². The fraction of sp³-hybridized carbons (Fsp3) is 0.185. The number of benzene rings is 3. The van der Waals surface area contributed by atoms with Crippen LogP contribution in [0.25, 0.3) is 33.4 Å². The molecule has 3 aromatic rings. The van der Waals surface area contributed by atoms with Crippen LogP contribution in [0.1, 0.15) is 16.7 Å². The number of methoxy groups -OCH3 is 2. The van der Waals surface area contributed by atoms with Gasteiger partial charge in [0, 0.05) is 35.3 Å². The van der Waals surface area contributed by atoms with Crippen LogP contribution in [-0.4, -0.2) is 29.0 Å². The van der Waals surface area contributed by atoms with E-state index in [0.717, 1.165) is 39.0 Å². The lowest BCUT2D eigenvalue weighted by Gasteiger charge is -2.18. The molecule has 0 fully saturated rings. The number of fused-ring (bicyclic) bond motifs is 3. The molecule has 0 N–H and O–H groups in total. The van der Waals surface area contributed by atoms with Crippen molar-refractivity contribution in [2.24, 2.45) is 0 Å². The van der Waals surface area contributed by atoms with Crippen LogP contribution < -0.4 is 9.47 Å². The molecular weight excluding hydrogens is 417 g/mol. The molecule has 2 heterocycles. The number of aromatic nitrogens is 3. The van der Waals surface area contributed by atoms with E-state index in [0.29, 0.717) is 18.0 Å². The second kappa shape index (κ2) is 8.20. The van der Waals surface area contributed by atoms with Crippen molar-refractivity contribution < 1.29 is 13.9 Å². The number of hydrogen-bond acceptors (Lipinski definition) is 4. The summed E-state index contributed by atoms with van der Waals surface area (Å²) < 4.78 is 26.7. The van der Waals surface area contributed by atoms with Gasteiger partial charge in [0.25, 0.3) is 0 Å². The Bertz CT molecular complexity index is 1440. The molecule has 0 atom stereocenters. The van der Waals surface area contributed by atoms with Crippen molar-refractivity contribution >= 4 is 10.9 Å². The molecule has 2 aliphatic heterocycles. The highest BCUT2D eigenvalue weighted by Gasteiger charge is 2.22. The van der Waals surface area contributed by atoms with E-state index in [1.807, 2.05) is 12.1 Å². The molecule has 0 radical (unpaired) electrons. The number of nitrogens with zero attached hydrogens (tertiary/aromatic N) is 3. The topological polar surface area (TPSA) is 49.2 Å². The Morgan fingerprint density at radius 3 is 2.21 bits per heavy atom. The zero-order chi connectivity index (χ0) is 23.1. The number of ether oxygens (including phenoxy) is 2. The number of hydrogen-bond donors (Lipinski definition) is 0. The smallest absolute Gasteiger partial charge is 0.162 e. The molecule has 0 bridgehead atoms. The third-order valence-electron chi connectivity index (χ3n) is 6.16. The Labute approximate surface area is 191 Å². The Hall–Kier alpha value is -3.93. The lowest BCUT2D eigenvalue weighted by Crippen LogP contribution is -2.05. The summed E-state index contributed by atoms with van der Waals surface area (Å²) in [7, 11) is 3.24. The van der Waals surface area contributed by atoms with Crippen LogP contribution in [0.2, 0.25) is 0 Å². The summed E-state index contributed by atoms with van der Waals surface area (Å²) in [6.45, 7) is 4.75. The van der Waals surface area contributed by atoms with E-state index < -0.39 is 0 Å². The standard InChI is InChI=1S/C27H24FN3O2/c1-16-5-8-19(11-17(16)2)26-22-15-31(14-18-6-9-20(28)10-7-18)23-13-25(33-4)24(32-3)12-21(23)27(22)30-29-26/h5-13,15H,14H2,1-4H3. The van der Waals surface area contributed by atoms with Gasteiger partial charge in [-0.2, -0.15) is 0 Å². The van der Waals surface area contributed by atoms with Crippen LogP contribution in [0.15, 0.2) is 60.8 Å². The van der Waals surface area contributed by atoms with Gasteiger partial charge in [0.15, 0.2) is 11.5 Å². The number of rotatable bonds is 5. The maximum Gasteiger partial charge on any atom is 0.162 e. The van der Waals surface area contributed by atoms with Crippen LogP contribution in [0.3, 0.4) is 0 Å². The minimum Gasteiger partial charge on any atom is -0.493 e. The van der Waals surface area contributed by atoms with Gasteiger partial charge in [-0.15, -0.1) is 10.2 Å². The SMILES string of the molecule is COc1cc2c3nnc(-c4ccc(C)c(C)c4)c-3cn(Cc3ccc(F)cc3)c2cc1OC. The molecule has 2 aliphatic rings. The van der Waals surface area contributed by atoms with Gasteiger partial charge in [-0.3, -0.25) is 0 Å². The molecule has 0 spiro atoms. The lowest BCUT2D eigenvalue weighted by atomic mass is 9.98. The van der Waals surface area contributed by atoms with E-state index in [4.69, 9.17) is 9.47 Å². The molecule has 0 aromatic heterocycles. The van der Waals surface area contributed by atoms with Crippen molar-refractivity contribution in [3.8, 4) is 34.0 Å². The number of aryl methyl sites for hydroxylation is 2. The first-order valence-electron chi connectivity index (χ1n) is 10.7. The molecule has 0 amide bonds. The van der Waals surface area contributed by atoms with Crippen molar-refractivity contribution in [3.63, 3.8) is 0 Å². The van der Waals surface area contributed by atoms with Crippen molar-refractivity contribution in [3.05, 3.63) is 83.3 Å². The van der Waals surface area contributed by atoms with E-state index in [9.17, 15) is 4.39 Å². The summed E-state index contributed by atoms with van der Waals surface area (Å²) in [5.41, 5.74) is 7.94. The van der Waals surface area contributed by atoms with E-state index in [1.165, 1.54) is 23.3 Å². The molecule has 5 rings (SSSR count). The first kappa shape index (κ1) is 20.9.